The second kappa shape index (κ2) is 4.85. The highest BCUT2D eigenvalue weighted by atomic mass is 32.1. The fraction of sp³-hybridized carbons (Fsp3) is 0.143. The Morgan fingerprint density at radius 1 is 0.895 bits per heavy atom. The average molecular weight is 268 g/mol. The Morgan fingerprint density at radius 3 is 2.47 bits per heavy atom. The van der Waals surface area contributed by atoms with Gasteiger partial charge < -0.3 is 0 Å². The van der Waals surface area contributed by atoms with Gasteiger partial charge >= 0.3 is 0 Å². The Morgan fingerprint density at radius 2 is 1.79 bits per heavy atom. The molecule has 3 heterocycles. The number of pyridine rings is 1. The van der Waals surface area contributed by atoms with Crippen molar-refractivity contribution >= 4 is 11.3 Å². The maximum Gasteiger partial charge on any atom is 0.178 e. The van der Waals surface area contributed by atoms with E-state index in [0.29, 0.717) is 5.82 Å². The van der Waals surface area contributed by atoms with E-state index >= 15 is 0 Å². The fourth-order valence-corrected chi connectivity index (χ4v) is 2.76. The van der Waals surface area contributed by atoms with Crippen LogP contribution in [-0.4, -0.2) is 19.9 Å². The molecule has 5 heteroatoms. The van der Waals surface area contributed by atoms with Crippen LogP contribution in [0.4, 0.5) is 0 Å². The second-order valence-corrected chi connectivity index (χ2v) is 5.33. The molecule has 19 heavy (non-hydrogen) atoms. The monoisotopic (exact) mass is 268 g/mol. The predicted octanol–water partition coefficient (Wildman–Crippen LogP) is 3.28. The minimum Gasteiger partial charge on any atom is -0.253 e. The number of nitrogens with zero attached hydrogens (tertiary/aromatic N) is 4. The van der Waals surface area contributed by atoms with E-state index in [1.165, 1.54) is 0 Å². The normalized spacial score (nSPS) is 10.6. The number of hydrogen-bond acceptors (Lipinski definition) is 5. The molecule has 0 aliphatic heterocycles. The SMILES string of the molecule is Cc1nc(C)c(-c2ccnc(-c3ccccn3)n2)s1. The lowest BCUT2D eigenvalue weighted by atomic mass is 10.2. The summed E-state index contributed by atoms with van der Waals surface area (Å²) in [6.45, 7) is 4.00. The van der Waals surface area contributed by atoms with Gasteiger partial charge in [-0.15, -0.1) is 11.3 Å². The molecule has 0 spiro atoms. The maximum absolute atomic E-state index is 4.58. The van der Waals surface area contributed by atoms with Gasteiger partial charge in [-0.05, 0) is 32.0 Å². The zero-order valence-corrected chi connectivity index (χ0v) is 11.5. The van der Waals surface area contributed by atoms with Gasteiger partial charge in [-0.1, -0.05) is 6.07 Å². The largest absolute Gasteiger partial charge is 0.253 e. The van der Waals surface area contributed by atoms with E-state index in [4.69, 9.17) is 0 Å². The Balaban J connectivity index is 2.08. The molecule has 0 aliphatic rings. The van der Waals surface area contributed by atoms with Crippen molar-refractivity contribution in [3.8, 4) is 22.1 Å². The quantitative estimate of drug-likeness (QED) is 0.715. The molecule has 0 radical (unpaired) electrons. The lowest BCUT2D eigenvalue weighted by molar-refractivity contribution is 1.14. The fourth-order valence-electron chi connectivity index (χ4n) is 1.87. The predicted molar refractivity (Wildman–Crippen MR) is 75.8 cm³/mol. The summed E-state index contributed by atoms with van der Waals surface area (Å²) in [7, 11) is 0. The van der Waals surface area contributed by atoms with Crippen molar-refractivity contribution < 1.29 is 0 Å². The third kappa shape index (κ3) is 2.37. The summed E-state index contributed by atoms with van der Waals surface area (Å²) in [5.41, 5.74) is 2.69. The first-order valence-corrected chi connectivity index (χ1v) is 6.74. The molecule has 0 aromatic carbocycles. The molecule has 0 saturated heterocycles. The number of rotatable bonds is 2. The van der Waals surface area contributed by atoms with Gasteiger partial charge in [0.2, 0.25) is 0 Å². The lowest BCUT2D eigenvalue weighted by Crippen LogP contribution is -1.93. The topological polar surface area (TPSA) is 51.6 Å². The number of aryl methyl sites for hydroxylation is 2. The van der Waals surface area contributed by atoms with Gasteiger partial charge in [-0.25, -0.2) is 15.0 Å². The van der Waals surface area contributed by atoms with Crippen LogP contribution < -0.4 is 0 Å². The zero-order chi connectivity index (χ0) is 13.2. The molecule has 0 atom stereocenters. The minimum atomic E-state index is 0.642. The first-order valence-electron chi connectivity index (χ1n) is 5.93. The standard InChI is InChI=1S/C14H12N4S/c1-9-13(19-10(2)17-9)11-6-8-16-14(18-11)12-5-3-4-7-15-12/h3-8H,1-2H3. The smallest absolute Gasteiger partial charge is 0.178 e. The van der Waals surface area contributed by atoms with Crippen LogP contribution >= 0.6 is 11.3 Å². The molecular weight excluding hydrogens is 256 g/mol. The van der Waals surface area contributed by atoms with Gasteiger partial charge in [0.15, 0.2) is 5.82 Å². The number of aromatic nitrogens is 4. The van der Waals surface area contributed by atoms with Crippen LogP contribution in [0.5, 0.6) is 0 Å². The number of hydrogen-bond donors (Lipinski definition) is 0. The summed E-state index contributed by atoms with van der Waals surface area (Å²) < 4.78 is 0. The minimum absolute atomic E-state index is 0.642. The van der Waals surface area contributed by atoms with Gasteiger partial charge in [0, 0.05) is 12.4 Å². The van der Waals surface area contributed by atoms with Gasteiger partial charge in [0.05, 0.1) is 21.3 Å². The van der Waals surface area contributed by atoms with Crippen LogP contribution in [0.25, 0.3) is 22.1 Å². The highest BCUT2D eigenvalue weighted by Gasteiger charge is 2.10. The van der Waals surface area contributed by atoms with Crippen LogP contribution in [-0.2, 0) is 0 Å². The summed E-state index contributed by atoms with van der Waals surface area (Å²) in [5, 5.41) is 1.05. The zero-order valence-electron chi connectivity index (χ0n) is 10.7. The van der Waals surface area contributed by atoms with Crippen LogP contribution in [0.2, 0.25) is 0 Å². The van der Waals surface area contributed by atoms with Crippen LogP contribution in [0.15, 0.2) is 36.7 Å². The van der Waals surface area contributed by atoms with Crippen LogP contribution in [0.3, 0.4) is 0 Å². The molecule has 0 fully saturated rings. The summed E-state index contributed by atoms with van der Waals surface area (Å²) in [5.74, 6) is 0.642. The van der Waals surface area contributed by atoms with Crippen molar-refractivity contribution in [3.05, 3.63) is 47.4 Å². The van der Waals surface area contributed by atoms with Gasteiger partial charge in [0.25, 0.3) is 0 Å². The van der Waals surface area contributed by atoms with Crippen molar-refractivity contribution in [1.82, 2.24) is 19.9 Å². The number of thiazole rings is 1. The van der Waals surface area contributed by atoms with E-state index in [0.717, 1.165) is 27.0 Å². The lowest BCUT2D eigenvalue weighted by Gasteiger charge is -2.01. The first-order chi connectivity index (χ1) is 9.24. The van der Waals surface area contributed by atoms with Crippen molar-refractivity contribution in [1.29, 1.82) is 0 Å². The molecule has 0 saturated carbocycles. The van der Waals surface area contributed by atoms with Gasteiger partial charge in [0.1, 0.15) is 5.69 Å². The molecule has 0 amide bonds. The third-order valence-corrected chi connectivity index (χ3v) is 3.78. The van der Waals surface area contributed by atoms with E-state index in [-0.39, 0.29) is 0 Å². The molecule has 3 aromatic rings. The van der Waals surface area contributed by atoms with Crippen molar-refractivity contribution in [2.24, 2.45) is 0 Å². The maximum atomic E-state index is 4.58. The van der Waals surface area contributed by atoms with E-state index in [1.54, 1.807) is 23.7 Å². The van der Waals surface area contributed by atoms with E-state index < -0.39 is 0 Å². The van der Waals surface area contributed by atoms with E-state index in [1.807, 2.05) is 38.1 Å². The first kappa shape index (κ1) is 11.9. The Labute approximate surface area is 115 Å². The molecule has 4 nitrogen and oxygen atoms in total. The molecule has 0 unspecified atom stereocenters. The van der Waals surface area contributed by atoms with E-state index in [2.05, 4.69) is 19.9 Å². The highest BCUT2D eigenvalue weighted by Crippen LogP contribution is 2.28. The molecule has 0 aliphatic carbocycles. The molecular formula is C14H12N4S. The Hall–Kier alpha value is -2.14. The van der Waals surface area contributed by atoms with Crippen molar-refractivity contribution in [2.75, 3.05) is 0 Å². The average Bonchev–Trinajstić information content (AvgIpc) is 2.79. The Bertz CT molecular complexity index is 706. The van der Waals surface area contributed by atoms with Gasteiger partial charge in [-0.3, -0.25) is 4.98 Å². The molecule has 3 aromatic heterocycles. The summed E-state index contributed by atoms with van der Waals surface area (Å²) >= 11 is 1.65. The van der Waals surface area contributed by atoms with Crippen LogP contribution in [0, 0.1) is 13.8 Å². The third-order valence-electron chi connectivity index (χ3n) is 2.69. The Kier molecular flexibility index (Phi) is 3.05. The van der Waals surface area contributed by atoms with Crippen LogP contribution in [0.1, 0.15) is 10.7 Å². The van der Waals surface area contributed by atoms with Gasteiger partial charge in [-0.2, -0.15) is 0 Å². The molecule has 94 valence electrons. The summed E-state index contributed by atoms with van der Waals surface area (Å²) in [6.07, 6.45) is 3.51. The van der Waals surface area contributed by atoms with Crippen molar-refractivity contribution in [2.45, 2.75) is 13.8 Å². The molecule has 3 rings (SSSR count). The van der Waals surface area contributed by atoms with Crippen molar-refractivity contribution in [3.63, 3.8) is 0 Å². The summed E-state index contributed by atoms with van der Waals surface area (Å²) in [4.78, 5) is 18.7. The second-order valence-electron chi connectivity index (χ2n) is 4.13. The highest BCUT2D eigenvalue weighted by molar-refractivity contribution is 7.15. The molecule has 0 bridgehead atoms. The summed E-state index contributed by atoms with van der Waals surface area (Å²) in [6, 6.07) is 7.63. The van der Waals surface area contributed by atoms with E-state index in [9.17, 15) is 0 Å². The molecule has 0 N–H and O–H groups in total.